The van der Waals surface area contributed by atoms with Crippen molar-refractivity contribution in [1.29, 1.82) is 0 Å². The Kier molecular flexibility index (Phi) is 9.27. The van der Waals surface area contributed by atoms with E-state index in [1.165, 1.54) is 0 Å². The molecule has 4 aromatic rings. The van der Waals surface area contributed by atoms with E-state index in [2.05, 4.69) is 48.9 Å². The molecule has 3 heterocycles. The van der Waals surface area contributed by atoms with Crippen molar-refractivity contribution in [1.82, 2.24) is 19.9 Å². The van der Waals surface area contributed by atoms with Crippen molar-refractivity contribution in [2.45, 2.75) is 50.8 Å². The lowest BCUT2D eigenvalue weighted by Crippen LogP contribution is -2.51. The molecule has 2 N–H and O–H groups in total. The second kappa shape index (κ2) is 13.3. The van der Waals surface area contributed by atoms with Crippen LogP contribution in [0.1, 0.15) is 31.2 Å². The number of nitrogens with zero attached hydrogens (tertiary/aromatic N) is 3. The average molecular weight is 645 g/mol. The smallest absolute Gasteiger partial charge is 0.481 e. The Morgan fingerprint density at radius 2 is 1.58 bits per heavy atom. The second-order valence-corrected chi connectivity index (χ2v) is 11.8. The summed E-state index contributed by atoms with van der Waals surface area (Å²) in [6, 6.07) is 18.3. The first-order valence-electron chi connectivity index (χ1n) is 14.8. The summed E-state index contributed by atoms with van der Waals surface area (Å²) in [5, 5.41) is 9.69. The summed E-state index contributed by atoms with van der Waals surface area (Å²) in [6.45, 7) is 1.49. The molecule has 1 aliphatic heterocycles. The van der Waals surface area contributed by atoms with Crippen molar-refractivity contribution in [2.75, 3.05) is 26.3 Å². The number of alkyl halides is 3. The fraction of sp³-hybridized carbons (Fsp3) is 0.406. The van der Waals surface area contributed by atoms with Gasteiger partial charge in [0, 0.05) is 25.2 Å². The van der Waals surface area contributed by atoms with Gasteiger partial charge in [-0.3, -0.25) is 14.4 Å². The normalized spacial score (nSPS) is 19.5. The molecule has 1 saturated heterocycles. The van der Waals surface area contributed by atoms with Crippen molar-refractivity contribution in [3.63, 3.8) is 0 Å². The molecule has 2 aromatic carbocycles. The maximum atomic E-state index is 12.0. The van der Waals surface area contributed by atoms with Crippen LogP contribution in [0.3, 0.4) is 0 Å². The number of imidazole rings is 1. The zero-order valence-electron chi connectivity index (χ0n) is 24.2. The zero-order chi connectivity index (χ0) is 31.6. The number of rotatable bonds is 11. The van der Waals surface area contributed by atoms with Crippen LogP contribution in [0.2, 0.25) is 5.02 Å². The quantitative estimate of drug-likeness (QED) is 0.174. The number of likely N-dealkylation sites (tertiary alicyclic amines) is 1. The van der Waals surface area contributed by atoms with E-state index in [-0.39, 0.29) is 24.7 Å². The number of ether oxygens (including phenoxy) is 3. The van der Waals surface area contributed by atoms with Crippen LogP contribution in [-0.4, -0.2) is 75.8 Å². The molecular formula is C32H32ClF3N4O5. The molecule has 45 heavy (non-hydrogen) atoms. The summed E-state index contributed by atoms with van der Waals surface area (Å²) >= 11 is 6.61. The molecule has 238 valence electrons. The summed E-state index contributed by atoms with van der Waals surface area (Å²) in [7, 11) is 0. The van der Waals surface area contributed by atoms with Gasteiger partial charge < -0.3 is 19.6 Å². The third-order valence-corrected chi connectivity index (χ3v) is 8.47. The zero-order valence-corrected chi connectivity index (χ0v) is 25.0. The predicted molar refractivity (Wildman–Crippen MR) is 161 cm³/mol. The summed E-state index contributed by atoms with van der Waals surface area (Å²) in [5.74, 6) is -1.06. The molecule has 2 aliphatic rings. The van der Waals surface area contributed by atoms with Crippen LogP contribution in [0.25, 0.3) is 33.5 Å². The van der Waals surface area contributed by atoms with Gasteiger partial charge in [0.1, 0.15) is 6.10 Å². The molecule has 13 heteroatoms. The van der Waals surface area contributed by atoms with Crippen molar-refractivity contribution in [2.24, 2.45) is 5.92 Å². The van der Waals surface area contributed by atoms with E-state index in [4.69, 9.17) is 21.1 Å². The van der Waals surface area contributed by atoms with E-state index in [1.54, 1.807) is 6.07 Å². The highest BCUT2D eigenvalue weighted by Gasteiger charge is 2.31. The molecule has 9 nitrogen and oxygen atoms in total. The SMILES string of the molecule is O=C(O)C1CCC(Oc2nc3nc(-c4ccc(-c5ccc(CN6CC(OCCOC(F)(F)F)C6)cc5)cc4)c(Cl)cc3[nH]2)CC1. The second-order valence-electron chi connectivity index (χ2n) is 11.4. The number of carboxylic acid groups (broad SMARTS) is 1. The fourth-order valence-electron chi connectivity index (χ4n) is 5.75. The number of hydrogen-bond donors (Lipinski definition) is 2. The number of hydrogen-bond acceptors (Lipinski definition) is 7. The third-order valence-electron chi connectivity index (χ3n) is 8.18. The lowest BCUT2D eigenvalue weighted by molar-refractivity contribution is -0.328. The molecule has 0 unspecified atom stereocenters. The van der Waals surface area contributed by atoms with Crippen LogP contribution in [0.15, 0.2) is 54.6 Å². The summed E-state index contributed by atoms with van der Waals surface area (Å²) in [6.07, 6.45) is -2.31. The van der Waals surface area contributed by atoms with E-state index in [0.717, 1.165) is 28.8 Å². The molecule has 2 fully saturated rings. The minimum atomic E-state index is -4.63. The van der Waals surface area contributed by atoms with Crippen molar-refractivity contribution < 1.29 is 37.3 Å². The van der Waals surface area contributed by atoms with E-state index in [1.807, 2.05) is 24.3 Å². The Morgan fingerprint density at radius 1 is 0.933 bits per heavy atom. The minimum Gasteiger partial charge on any atom is -0.481 e. The number of aromatic nitrogens is 3. The molecule has 0 spiro atoms. The molecule has 0 amide bonds. The van der Waals surface area contributed by atoms with Crippen LogP contribution < -0.4 is 4.74 Å². The number of nitrogens with one attached hydrogen (secondary N) is 1. The molecule has 0 radical (unpaired) electrons. The number of aromatic amines is 1. The topological polar surface area (TPSA) is 110 Å². The van der Waals surface area contributed by atoms with Crippen LogP contribution in [0, 0.1) is 5.92 Å². The maximum Gasteiger partial charge on any atom is 0.522 e. The number of benzene rings is 2. The van der Waals surface area contributed by atoms with Crippen LogP contribution in [0.5, 0.6) is 6.01 Å². The number of halogens is 4. The van der Waals surface area contributed by atoms with Crippen LogP contribution >= 0.6 is 11.6 Å². The number of H-pyrrole nitrogens is 1. The summed E-state index contributed by atoms with van der Waals surface area (Å²) in [5.41, 5.74) is 5.82. The van der Waals surface area contributed by atoms with Gasteiger partial charge >= 0.3 is 12.3 Å². The number of fused-ring (bicyclic) bond motifs is 1. The molecule has 1 aliphatic carbocycles. The van der Waals surface area contributed by atoms with Gasteiger partial charge in [0.25, 0.3) is 6.01 Å². The van der Waals surface area contributed by atoms with Crippen LogP contribution in [-0.2, 0) is 20.8 Å². The van der Waals surface area contributed by atoms with Gasteiger partial charge in [0.15, 0.2) is 5.65 Å². The number of carboxylic acids is 1. The number of carbonyl (C=O) groups is 1. The third kappa shape index (κ3) is 7.93. The van der Waals surface area contributed by atoms with E-state index in [9.17, 15) is 23.1 Å². The minimum absolute atomic E-state index is 0.0800. The van der Waals surface area contributed by atoms with Gasteiger partial charge in [-0.25, -0.2) is 4.98 Å². The van der Waals surface area contributed by atoms with E-state index < -0.39 is 18.9 Å². The highest BCUT2D eigenvalue weighted by Crippen LogP contribution is 2.33. The van der Waals surface area contributed by atoms with E-state index in [0.29, 0.717) is 66.7 Å². The highest BCUT2D eigenvalue weighted by atomic mass is 35.5. The number of pyridine rings is 1. The molecule has 0 bridgehead atoms. The van der Waals surface area contributed by atoms with Crippen molar-refractivity contribution >= 4 is 28.7 Å². The Morgan fingerprint density at radius 3 is 2.22 bits per heavy atom. The molecule has 2 aromatic heterocycles. The lowest BCUT2D eigenvalue weighted by atomic mass is 9.87. The molecular weight excluding hydrogens is 613 g/mol. The van der Waals surface area contributed by atoms with Gasteiger partial charge in [-0.1, -0.05) is 60.1 Å². The standard InChI is InChI=1S/C32H32ClF3N4O5/c33-26-15-27-29(39-31(37-27)45-24-11-9-23(10-12-24)30(41)42)38-28(26)22-7-5-21(6-8-22)20-3-1-19(2-4-20)16-40-17-25(18-40)43-13-14-44-32(34,35)36/h1-8,15,23-25H,9-14,16-18H2,(H,41,42)(H,37,38,39). The largest absolute Gasteiger partial charge is 0.522 e. The lowest BCUT2D eigenvalue weighted by Gasteiger charge is -2.39. The highest BCUT2D eigenvalue weighted by molar-refractivity contribution is 6.33. The van der Waals surface area contributed by atoms with E-state index >= 15 is 0 Å². The fourth-order valence-corrected chi connectivity index (χ4v) is 6.01. The average Bonchev–Trinajstić information content (AvgIpc) is 3.38. The van der Waals surface area contributed by atoms with Gasteiger partial charge in [0.2, 0.25) is 0 Å². The molecule has 0 atom stereocenters. The number of aliphatic carboxylic acids is 1. The monoisotopic (exact) mass is 644 g/mol. The van der Waals surface area contributed by atoms with Gasteiger partial charge in [-0.15, -0.1) is 13.2 Å². The summed E-state index contributed by atoms with van der Waals surface area (Å²) < 4.78 is 51.3. The maximum absolute atomic E-state index is 12.0. The first-order chi connectivity index (χ1) is 21.6. The molecule has 6 rings (SSSR count). The van der Waals surface area contributed by atoms with Crippen molar-refractivity contribution in [3.8, 4) is 28.4 Å². The van der Waals surface area contributed by atoms with Gasteiger partial charge in [-0.05, 0) is 48.4 Å². The van der Waals surface area contributed by atoms with Gasteiger partial charge in [-0.2, -0.15) is 4.98 Å². The first-order valence-corrected chi connectivity index (χ1v) is 15.2. The first kappa shape index (κ1) is 31.3. The predicted octanol–water partition coefficient (Wildman–Crippen LogP) is 6.70. The Bertz CT molecular complexity index is 1620. The summed E-state index contributed by atoms with van der Waals surface area (Å²) in [4.78, 5) is 25.7. The van der Waals surface area contributed by atoms with Gasteiger partial charge in [0.05, 0.1) is 41.5 Å². The van der Waals surface area contributed by atoms with Crippen LogP contribution in [0.4, 0.5) is 13.2 Å². The Hall–Kier alpha value is -3.71. The Labute approximate surface area is 262 Å². The molecule has 1 saturated carbocycles. The van der Waals surface area contributed by atoms with Crippen molar-refractivity contribution in [3.05, 3.63) is 65.2 Å². The Balaban J connectivity index is 1.02.